The van der Waals surface area contributed by atoms with Crippen LogP contribution in [-0.2, 0) is 10.0 Å². The lowest BCUT2D eigenvalue weighted by Gasteiger charge is -2.13. The van der Waals surface area contributed by atoms with E-state index in [1.165, 1.54) is 43.5 Å². The molecule has 1 aromatic carbocycles. The third-order valence-electron chi connectivity index (χ3n) is 3.36. The molecule has 1 amide bonds. The minimum Gasteiger partial charge on any atom is -0.322 e. The Morgan fingerprint density at radius 2 is 1.96 bits per heavy atom. The van der Waals surface area contributed by atoms with Gasteiger partial charge in [-0.1, -0.05) is 0 Å². The first-order chi connectivity index (χ1) is 12.5. The summed E-state index contributed by atoms with van der Waals surface area (Å²) in [7, 11) is -3.45. The van der Waals surface area contributed by atoms with Crippen molar-refractivity contribution in [3.05, 3.63) is 47.7 Å². The summed E-state index contributed by atoms with van der Waals surface area (Å²) in [4.78, 5) is 16.0. The number of pyridine rings is 1. The summed E-state index contributed by atoms with van der Waals surface area (Å²) in [5, 5.41) is 2.04. The molecule has 0 fully saturated rings. The third kappa shape index (κ3) is 6.14. The maximum atomic E-state index is 12.6. The maximum Gasteiger partial charge on any atom is 0.447 e. The minimum absolute atomic E-state index is 0.0917. The number of aromatic nitrogens is 1. The number of thioether (sulfide) groups is 1. The van der Waals surface area contributed by atoms with Crippen molar-refractivity contribution in [1.29, 1.82) is 0 Å². The van der Waals surface area contributed by atoms with E-state index < -0.39 is 38.2 Å². The number of alkyl halides is 3. The molecule has 0 unspecified atom stereocenters. The average molecular weight is 419 g/mol. The van der Waals surface area contributed by atoms with Crippen LogP contribution in [0.15, 0.2) is 41.6 Å². The predicted octanol–water partition coefficient (Wildman–Crippen LogP) is 4.02. The van der Waals surface area contributed by atoms with Crippen molar-refractivity contribution < 1.29 is 26.4 Å². The minimum atomic E-state index is -4.57. The Kier molecular flexibility index (Phi) is 6.37. The second kappa shape index (κ2) is 8.17. The fourth-order valence-corrected chi connectivity index (χ4v) is 3.36. The Morgan fingerprint density at radius 3 is 2.56 bits per heavy atom. The molecule has 2 rings (SSSR count). The summed E-state index contributed by atoms with van der Waals surface area (Å²) in [5.74, 6) is -0.845. The lowest BCUT2D eigenvalue weighted by molar-refractivity contribution is -0.0329. The SMILES string of the molecule is CCS(=O)(=O)Nc1ccc(NC(=O)c2cccnc2SC(F)(F)F)cc1C. The molecule has 0 radical (unpaired) electrons. The van der Waals surface area contributed by atoms with E-state index in [1.807, 2.05) is 0 Å². The number of aryl methyl sites for hydroxylation is 1. The van der Waals surface area contributed by atoms with Crippen LogP contribution in [0.4, 0.5) is 24.5 Å². The van der Waals surface area contributed by atoms with Crippen LogP contribution in [0.5, 0.6) is 0 Å². The van der Waals surface area contributed by atoms with Gasteiger partial charge in [-0.15, -0.1) is 0 Å². The van der Waals surface area contributed by atoms with Gasteiger partial charge < -0.3 is 5.32 Å². The zero-order valence-electron chi connectivity index (χ0n) is 14.3. The molecule has 0 aliphatic rings. The molecule has 0 spiro atoms. The van der Waals surface area contributed by atoms with E-state index in [0.717, 1.165) is 0 Å². The number of nitrogens with one attached hydrogen (secondary N) is 2. The second-order valence-corrected chi connectivity index (χ2v) is 8.46. The van der Waals surface area contributed by atoms with Crippen LogP contribution in [0.1, 0.15) is 22.8 Å². The lowest BCUT2D eigenvalue weighted by Crippen LogP contribution is -2.16. The number of benzene rings is 1. The van der Waals surface area contributed by atoms with Crippen LogP contribution in [0.3, 0.4) is 0 Å². The molecule has 27 heavy (non-hydrogen) atoms. The Morgan fingerprint density at radius 1 is 1.26 bits per heavy atom. The summed E-state index contributed by atoms with van der Waals surface area (Å²) in [6.45, 7) is 3.13. The quantitative estimate of drug-likeness (QED) is 0.691. The molecule has 0 bridgehead atoms. The number of halogens is 3. The van der Waals surface area contributed by atoms with Gasteiger partial charge in [0.05, 0.1) is 17.0 Å². The van der Waals surface area contributed by atoms with E-state index in [-0.39, 0.29) is 11.3 Å². The standard InChI is InChI=1S/C16H16F3N3O3S2/c1-3-27(24,25)22-13-7-6-11(9-10(13)2)21-14(23)12-5-4-8-20-15(12)26-16(17,18)19/h4-9,22H,3H2,1-2H3,(H,21,23). The molecule has 11 heteroatoms. The summed E-state index contributed by atoms with van der Waals surface area (Å²) in [5.41, 5.74) is -3.58. The summed E-state index contributed by atoms with van der Waals surface area (Å²) >= 11 is -0.468. The molecule has 1 aromatic heterocycles. The van der Waals surface area contributed by atoms with Gasteiger partial charge in [0.15, 0.2) is 0 Å². The number of hydrogen-bond donors (Lipinski definition) is 2. The van der Waals surface area contributed by atoms with Gasteiger partial charge in [0.25, 0.3) is 5.91 Å². The first-order valence-electron chi connectivity index (χ1n) is 7.64. The van der Waals surface area contributed by atoms with Gasteiger partial charge in [-0.25, -0.2) is 13.4 Å². The van der Waals surface area contributed by atoms with Gasteiger partial charge in [0.1, 0.15) is 5.03 Å². The topological polar surface area (TPSA) is 88.2 Å². The number of amides is 1. The fraction of sp³-hybridized carbons (Fsp3) is 0.250. The van der Waals surface area contributed by atoms with E-state index in [1.54, 1.807) is 6.92 Å². The van der Waals surface area contributed by atoms with Crippen LogP contribution >= 0.6 is 11.8 Å². The molecule has 0 saturated heterocycles. The van der Waals surface area contributed by atoms with E-state index >= 15 is 0 Å². The Balaban J connectivity index is 2.21. The van der Waals surface area contributed by atoms with Crippen molar-refractivity contribution in [2.24, 2.45) is 0 Å². The highest BCUT2D eigenvalue weighted by Crippen LogP contribution is 2.37. The molecular weight excluding hydrogens is 403 g/mol. The third-order valence-corrected chi connectivity index (χ3v) is 5.40. The number of hydrogen-bond acceptors (Lipinski definition) is 5. The van der Waals surface area contributed by atoms with Crippen molar-refractivity contribution >= 4 is 39.1 Å². The molecule has 2 aromatic rings. The molecule has 1 heterocycles. The van der Waals surface area contributed by atoms with E-state index in [9.17, 15) is 26.4 Å². The van der Waals surface area contributed by atoms with Crippen molar-refractivity contribution in [3.8, 4) is 0 Å². The van der Waals surface area contributed by atoms with Gasteiger partial charge in [0, 0.05) is 23.6 Å². The number of carbonyl (C=O) groups is 1. The first kappa shape index (κ1) is 21.0. The zero-order chi connectivity index (χ0) is 20.2. The number of nitrogens with zero attached hydrogens (tertiary/aromatic N) is 1. The molecule has 6 nitrogen and oxygen atoms in total. The normalized spacial score (nSPS) is 11.9. The van der Waals surface area contributed by atoms with Gasteiger partial charge in [-0.05, 0) is 49.7 Å². The summed E-state index contributed by atoms with van der Waals surface area (Å²) in [6, 6.07) is 7.03. The Bertz CT molecular complexity index is 947. The van der Waals surface area contributed by atoms with Crippen LogP contribution in [0, 0.1) is 6.92 Å². The lowest BCUT2D eigenvalue weighted by atomic mass is 10.1. The van der Waals surface area contributed by atoms with Gasteiger partial charge in [-0.3, -0.25) is 9.52 Å². The largest absolute Gasteiger partial charge is 0.447 e. The molecule has 146 valence electrons. The van der Waals surface area contributed by atoms with Crippen LogP contribution in [-0.4, -0.2) is 30.6 Å². The molecule has 0 aliphatic carbocycles. The highest BCUT2D eigenvalue weighted by Gasteiger charge is 2.32. The van der Waals surface area contributed by atoms with Gasteiger partial charge in [0.2, 0.25) is 10.0 Å². The van der Waals surface area contributed by atoms with Crippen molar-refractivity contribution in [3.63, 3.8) is 0 Å². The predicted molar refractivity (Wildman–Crippen MR) is 98.4 cm³/mol. The summed E-state index contributed by atoms with van der Waals surface area (Å²) in [6.07, 6.45) is 1.17. The van der Waals surface area contributed by atoms with E-state index in [4.69, 9.17) is 0 Å². The number of rotatable bonds is 6. The van der Waals surface area contributed by atoms with Gasteiger partial charge in [-0.2, -0.15) is 13.2 Å². The number of sulfonamides is 1. The van der Waals surface area contributed by atoms with Crippen LogP contribution in [0.2, 0.25) is 0 Å². The first-order valence-corrected chi connectivity index (χ1v) is 10.1. The van der Waals surface area contributed by atoms with Crippen molar-refractivity contribution in [2.45, 2.75) is 24.4 Å². The Hall–Kier alpha value is -2.27. The van der Waals surface area contributed by atoms with E-state index in [2.05, 4.69) is 15.0 Å². The fourth-order valence-electron chi connectivity index (χ4n) is 2.05. The highest BCUT2D eigenvalue weighted by molar-refractivity contribution is 8.00. The van der Waals surface area contributed by atoms with Gasteiger partial charge >= 0.3 is 5.51 Å². The van der Waals surface area contributed by atoms with E-state index in [0.29, 0.717) is 16.9 Å². The molecule has 0 aliphatic heterocycles. The Labute approximate surface area is 158 Å². The molecule has 0 saturated carbocycles. The van der Waals surface area contributed by atoms with Crippen molar-refractivity contribution in [2.75, 3.05) is 15.8 Å². The van der Waals surface area contributed by atoms with Crippen LogP contribution in [0.25, 0.3) is 0 Å². The highest BCUT2D eigenvalue weighted by atomic mass is 32.2. The number of anilines is 2. The van der Waals surface area contributed by atoms with Crippen LogP contribution < -0.4 is 10.0 Å². The summed E-state index contributed by atoms with van der Waals surface area (Å²) < 4.78 is 63.5. The van der Waals surface area contributed by atoms with Crippen molar-refractivity contribution in [1.82, 2.24) is 4.98 Å². The smallest absolute Gasteiger partial charge is 0.322 e. The molecule has 0 atom stereocenters. The second-order valence-electron chi connectivity index (χ2n) is 5.39. The monoisotopic (exact) mass is 419 g/mol. The number of carbonyl (C=O) groups excluding carboxylic acids is 1. The molecular formula is C16H16F3N3O3S2. The average Bonchev–Trinajstić information content (AvgIpc) is 2.56. The zero-order valence-corrected chi connectivity index (χ0v) is 15.9. The maximum absolute atomic E-state index is 12.6. The molecule has 2 N–H and O–H groups in total.